The molecule has 0 aromatic carbocycles. The van der Waals surface area contributed by atoms with Crippen LogP contribution in [-0.4, -0.2) is 38.9 Å². The molecular formula is C11H26N2O. The topological polar surface area (TPSA) is 33.3 Å². The van der Waals surface area contributed by atoms with Gasteiger partial charge < -0.3 is 15.4 Å². The molecule has 0 fully saturated rings. The van der Waals surface area contributed by atoms with Crippen LogP contribution in [0.15, 0.2) is 0 Å². The Morgan fingerprint density at radius 3 is 2.64 bits per heavy atom. The summed E-state index contributed by atoms with van der Waals surface area (Å²) in [5.41, 5.74) is 0. The van der Waals surface area contributed by atoms with Crippen LogP contribution in [0.5, 0.6) is 0 Å². The van der Waals surface area contributed by atoms with Crippen molar-refractivity contribution >= 4 is 0 Å². The van der Waals surface area contributed by atoms with Gasteiger partial charge in [0.05, 0.1) is 0 Å². The first-order valence-electron chi connectivity index (χ1n) is 5.83. The summed E-state index contributed by atoms with van der Waals surface area (Å²) in [7, 11) is 0. The van der Waals surface area contributed by atoms with Crippen LogP contribution in [-0.2, 0) is 4.74 Å². The zero-order valence-corrected chi connectivity index (χ0v) is 9.94. The lowest BCUT2D eigenvalue weighted by Crippen LogP contribution is -2.37. The Balaban J connectivity index is 3.02. The molecule has 0 bridgehead atoms. The van der Waals surface area contributed by atoms with E-state index in [0.717, 1.165) is 39.3 Å². The van der Waals surface area contributed by atoms with E-state index in [1.54, 1.807) is 0 Å². The van der Waals surface area contributed by atoms with Crippen molar-refractivity contribution in [2.24, 2.45) is 0 Å². The molecule has 0 aliphatic rings. The summed E-state index contributed by atoms with van der Waals surface area (Å²) in [6.07, 6.45) is 2.31. The summed E-state index contributed by atoms with van der Waals surface area (Å²) < 4.78 is 5.25. The SMILES string of the molecule is CCCNC(C)CNCCCOCC. The minimum absolute atomic E-state index is 0.571. The lowest BCUT2D eigenvalue weighted by Gasteiger charge is -2.13. The van der Waals surface area contributed by atoms with E-state index >= 15 is 0 Å². The fourth-order valence-corrected chi connectivity index (χ4v) is 1.23. The number of hydrogen-bond donors (Lipinski definition) is 2. The molecular weight excluding hydrogens is 176 g/mol. The Morgan fingerprint density at radius 2 is 2.00 bits per heavy atom. The summed E-state index contributed by atoms with van der Waals surface area (Å²) in [4.78, 5) is 0. The van der Waals surface area contributed by atoms with Crippen molar-refractivity contribution < 1.29 is 4.74 Å². The molecule has 0 aromatic heterocycles. The molecule has 0 aliphatic heterocycles. The Hall–Kier alpha value is -0.120. The molecule has 0 saturated carbocycles. The number of nitrogens with one attached hydrogen (secondary N) is 2. The van der Waals surface area contributed by atoms with Gasteiger partial charge >= 0.3 is 0 Å². The van der Waals surface area contributed by atoms with E-state index in [1.165, 1.54) is 6.42 Å². The van der Waals surface area contributed by atoms with Crippen LogP contribution in [0.25, 0.3) is 0 Å². The van der Waals surface area contributed by atoms with E-state index in [9.17, 15) is 0 Å². The molecule has 0 aliphatic carbocycles. The van der Waals surface area contributed by atoms with Crippen molar-refractivity contribution in [2.75, 3.05) is 32.8 Å². The van der Waals surface area contributed by atoms with Gasteiger partial charge in [0.2, 0.25) is 0 Å². The molecule has 86 valence electrons. The summed E-state index contributed by atoms with van der Waals surface area (Å²) in [5.74, 6) is 0. The molecule has 1 atom stereocenters. The van der Waals surface area contributed by atoms with Gasteiger partial charge in [-0.05, 0) is 39.8 Å². The standard InChI is InChI=1S/C11H26N2O/c1-4-7-13-11(3)10-12-8-6-9-14-5-2/h11-13H,4-10H2,1-3H3. The molecule has 3 heteroatoms. The van der Waals surface area contributed by atoms with Gasteiger partial charge in [-0.1, -0.05) is 6.92 Å². The average Bonchev–Trinajstić information content (AvgIpc) is 2.20. The van der Waals surface area contributed by atoms with E-state index in [0.29, 0.717) is 6.04 Å². The normalized spacial score (nSPS) is 13.1. The first kappa shape index (κ1) is 13.9. The van der Waals surface area contributed by atoms with E-state index < -0.39 is 0 Å². The van der Waals surface area contributed by atoms with Gasteiger partial charge in [0.1, 0.15) is 0 Å². The van der Waals surface area contributed by atoms with E-state index in [1.807, 2.05) is 6.92 Å². The first-order valence-corrected chi connectivity index (χ1v) is 5.83. The third-order valence-corrected chi connectivity index (χ3v) is 2.04. The van der Waals surface area contributed by atoms with Crippen molar-refractivity contribution in [3.63, 3.8) is 0 Å². The molecule has 14 heavy (non-hydrogen) atoms. The number of hydrogen-bond acceptors (Lipinski definition) is 3. The third-order valence-electron chi connectivity index (χ3n) is 2.04. The van der Waals surface area contributed by atoms with E-state index in [2.05, 4.69) is 24.5 Å². The van der Waals surface area contributed by atoms with Gasteiger partial charge in [0, 0.05) is 25.8 Å². The van der Waals surface area contributed by atoms with Crippen LogP contribution in [0.2, 0.25) is 0 Å². The second-order valence-electron chi connectivity index (χ2n) is 3.61. The van der Waals surface area contributed by atoms with Crippen molar-refractivity contribution in [1.82, 2.24) is 10.6 Å². The van der Waals surface area contributed by atoms with Crippen molar-refractivity contribution in [3.8, 4) is 0 Å². The average molecular weight is 202 g/mol. The maximum Gasteiger partial charge on any atom is 0.0477 e. The van der Waals surface area contributed by atoms with Crippen LogP contribution < -0.4 is 10.6 Å². The maximum absolute atomic E-state index is 5.25. The molecule has 0 heterocycles. The molecule has 1 unspecified atom stereocenters. The summed E-state index contributed by atoms with van der Waals surface area (Å²) in [6, 6.07) is 0.571. The fraction of sp³-hybridized carbons (Fsp3) is 1.00. The quantitative estimate of drug-likeness (QED) is 0.525. The highest BCUT2D eigenvalue weighted by molar-refractivity contribution is 4.62. The van der Waals surface area contributed by atoms with Crippen molar-refractivity contribution in [1.29, 1.82) is 0 Å². The minimum atomic E-state index is 0.571. The Kier molecular flexibility index (Phi) is 10.9. The minimum Gasteiger partial charge on any atom is -0.382 e. The van der Waals surface area contributed by atoms with Gasteiger partial charge in [-0.15, -0.1) is 0 Å². The third kappa shape index (κ3) is 9.96. The van der Waals surface area contributed by atoms with Gasteiger partial charge in [-0.2, -0.15) is 0 Å². The molecule has 0 saturated heterocycles. The molecule has 0 radical (unpaired) electrons. The van der Waals surface area contributed by atoms with Gasteiger partial charge in [0.25, 0.3) is 0 Å². The summed E-state index contributed by atoms with van der Waals surface area (Å²) in [6.45, 7) is 11.4. The van der Waals surface area contributed by atoms with Crippen LogP contribution in [0, 0.1) is 0 Å². The van der Waals surface area contributed by atoms with E-state index in [4.69, 9.17) is 4.74 Å². The summed E-state index contributed by atoms with van der Waals surface area (Å²) >= 11 is 0. The van der Waals surface area contributed by atoms with Crippen molar-refractivity contribution in [2.45, 2.75) is 39.7 Å². The molecule has 0 amide bonds. The highest BCUT2D eigenvalue weighted by atomic mass is 16.5. The largest absolute Gasteiger partial charge is 0.382 e. The maximum atomic E-state index is 5.25. The van der Waals surface area contributed by atoms with Crippen LogP contribution in [0.1, 0.15) is 33.6 Å². The highest BCUT2D eigenvalue weighted by Crippen LogP contribution is 1.83. The zero-order valence-electron chi connectivity index (χ0n) is 9.94. The smallest absolute Gasteiger partial charge is 0.0477 e. The van der Waals surface area contributed by atoms with Crippen LogP contribution >= 0.6 is 0 Å². The Labute approximate surface area is 88.6 Å². The molecule has 0 rings (SSSR count). The van der Waals surface area contributed by atoms with Crippen LogP contribution in [0.4, 0.5) is 0 Å². The summed E-state index contributed by atoms with van der Waals surface area (Å²) in [5, 5.41) is 6.85. The Morgan fingerprint density at radius 1 is 1.21 bits per heavy atom. The number of rotatable bonds is 10. The number of ether oxygens (including phenoxy) is 1. The zero-order chi connectivity index (χ0) is 10.6. The predicted molar refractivity (Wildman–Crippen MR) is 61.7 cm³/mol. The second kappa shape index (κ2) is 11.0. The lowest BCUT2D eigenvalue weighted by molar-refractivity contribution is 0.144. The highest BCUT2D eigenvalue weighted by Gasteiger charge is 1.98. The monoisotopic (exact) mass is 202 g/mol. The Bertz CT molecular complexity index is 109. The van der Waals surface area contributed by atoms with Gasteiger partial charge in [-0.25, -0.2) is 0 Å². The van der Waals surface area contributed by atoms with Gasteiger partial charge in [0.15, 0.2) is 0 Å². The molecule has 0 aromatic rings. The fourth-order valence-electron chi connectivity index (χ4n) is 1.23. The van der Waals surface area contributed by atoms with Crippen molar-refractivity contribution in [3.05, 3.63) is 0 Å². The molecule has 3 nitrogen and oxygen atoms in total. The lowest BCUT2D eigenvalue weighted by atomic mass is 10.3. The van der Waals surface area contributed by atoms with Crippen LogP contribution in [0.3, 0.4) is 0 Å². The molecule has 0 spiro atoms. The van der Waals surface area contributed by atoms with Gasteiger partial charge in [-0.3, -0.25) is 0 Å². The predicted octanol–water partition coefficient (Wildman–Crippen LogP) is 1.39. The van der Waals surface area contributed by atoms with E-state index in [-0.39, 0.29) is 0 Å². The molecule has 2 N–H and O–H groups in total. The second-order valence-corrected chi connectivity index (χ2v) is 3.61. The first-order chi connectivity index (χ1) is 6.81.